The zero-order valence-electron chi connectivity index (χ0n) is 24.0. The van der Waals surface area contributed by atoms with Crippen molar-refractivity contribution in [3.63, 3.8) is 0 Å². The number of benzene rings is 2. The zero-order valence-corrected chi connectivity index (χ0v) is 24.8. The van der Waals surface area contributed by atoms with Crippen molar-refractivity contribution in [2.24, 2.45) is 4.99 Å². The van der Waals surface area contributed by atoms with Gasteiger partial charge in [-0.1, -0.05) is 13.8 Å². The van der Waals surface area contributed by atoms with E-state index in [-0.39, 0.29) is 11.4 Å². The molecule has 0 aliphatic carbocycles. The number of thioether (sulfide) groups is 1. The molecule has 3 heterocycles. The number of fused-ring (bicyclic) bond motifs is 1. The van der Waals surface area contributed by atoms with Crippen molar-refractivity contribution in [1.29, 1.82) is 0 Å². The Morgan fingerprint density at radius 1 is 1.18 bits per heavy atom. The number of methoxy groups -OCH3 is 1. The van der Waals surface area contributed by atoms with Crippen LogP contribution in [0.3, 0.4) is 0 Å². The molecule has 0 radical (unpaired) electrons. The van der Waals surface area contributed by atoms with E-state index in [1.165, 1.54) is 28.7 Å². The lowest BCUT2D eigenvalue weighted by Gasteiger charge is -2.47. The molecule has 3 aliphatic heterocycles. The van der Waals surface area contributed by atoms with Gasteiger partial charge in [0, 0.05) is 55.2 Å². The lowest BCUT2D eigenvalue weighted by atomic mass is 9.79. The van der Waals surface area contributed by atoms with Gasteiger partial charge in [-0.3, -0.25) is 9.69 Å². The molecule has 7 nitrogen and oxygen atoms in total. The maximum Gasteiger partial charge on any atom is 0.266 e. The summed E-state index contributed by atoms with van der Waals surface area (Å²) in [5, 5.41) is 0.673. The maximum atomic E-state index is 13.2. The molecule has 0 bridgehead atoms. The third-order valence-corrected chi connectivity index (χ3v) is 8.99. The highest BCUT2D eigenvalue weighted by Gasteiger charge is 2.37. The van der Waals surface area contributed by atoms with Gasteiger partial charge in [0.1, 0.15) is 5.75 Å². The van der Waals surface area contributed by atoms with Crippen LogP contribution in [0, 0.1) is 0 Å². The number of rotatable bonds is 6. The standard InChI is InChI=1S/C31H40N4O3S/c1-7-12-35-26-19-27(37-6)22(17-25(26)21(2)20-31(35,3)4)18-28-29(36)33(5)30(39-28)32-23-8-10-24(11-9-23)34-13-15-38-16-14-34/h8-11,17-19,21H,7,12-16,20H2,1-6H3/b28-18+,32-30?. The number of anilines is 2. The number of morpholine rings is 1. The highest BCUT2D eigenvalue weighted by Crippen LogP contribution is 2.46. The first-order chi connectivity index (χ1) is 18.7. The fourth-order valence-electron chi connectivity index (χ4n) is 5.93. The van der Waals surface area contributed by atoms with E-state index in [1.807, 2.05) is 18.2 Å². The summed E-state index contributed by atoms with van der Waals surface area (Å²) in [6.45, 7) is 13.5. The fourth-order valence-corrected chi connectivity index (χ4v) is 6.90. The first-order valence-electron chi connectivity index (χ1n) is 13.9. The Bertz CT molecular complexity index is 1280. The number of carbonyl (C=O) groups excluding carboxylic acids is 1. The van der Waals surface area contributed by atoms with Crippen LogP contribution in [0.25, 0.3) is 6.08 Å². The fraction of sp³-hybridized carbons (Fsp3) is 0.484. The minimum atomic E-state index is -0.0507. The van der Waals surface area contributed by atoms with Gasteiger partial charge >= 0.3 is 0 Å². The average molecular weight is 549 g/mol. The number of ether oxygens (including phenoxy) is 2. The van der Waals surface area contributed by atoms with Crippen molar-refractivity contribution in [3.8, 4) is 5.75 Å². The van der Waals surface area contributed by atoms with Gasteiger partial charge in [0.25, 0.3) is 5.91 Å². The number of carbonyl (C=O) groups is 1. The van der Waals surface area contributed by atoms with Gasteiger partial charge in [-0.2, -0.15) is 0 Å². The van der Waals surface area contributed by atoms with E-state index in [0.29, 0.717) is 16.0 Å². The van der Waals surface area contributed by atoms with E-state index in [9.17, 15) is 4.79 Å². The Morgan fingerprint density at radius 2 is 1.90 bits per heavy atom. The number of likely N-dealkylation sites (N-methyl/N-ethyl adjacent to an activating group) is 1. The summed E-state index contributed by atoms with van der Waals surface area (Å²) >= 11 is 1.41. The predicted molar refractivity (Wildman–Crippen MR) is 163 cm³/mol. The third kappa shape index (κ3) is 5.54. The number of nitrogens with zero attached hydrogens (tertiary/aromatic N) is 4. The highest BCUT2D eigenvalue weighted by atomic mass is 32.2. The number of amides is 1. The molecule has 1 atom stereocenters. The van der Waals surface area contributed by atoms with Crippen molar-refractivity contribution in [3.05, 3.63) is 52.4 Å². The normalized spacial score (nSPS) is 23.1. The monoisotopic (exact) mass is 548 g/mol. The summed E-state index contributed by atoms with van der Waals surface area (Å²) in [6, 6.07) is 12.6. The molecule has 8 heteroatoms. The van der Waals surface area contributed by atoms with Crippen LogP contribution in [0.15, 0.2) is 46.3 Å². The lowest BCUT2D eigenvalue weighted by molar-refractivity contribution is -0.121. The largest absolute Gasteiger partial charge is 0.496 e. The van der Waals surface area contributed by atoms with Crippen LogP contribution in [-0.4, -0.2) is 68.5 Å². The molecular formula is C31H40N4O3S. The molecule has 208 valence electrons. The van der Waals surface area contributed by atoms with E-state index in [2.05, 4.69) is 61.8 Å². The van der Waals surface area contributed by atoms with Crippen LogP contribution in [0.1, 0.15) is 57.6 Å². The van der Waals surface area contributed by atoms with Crippen LogP contribution >= 0.6 is 11.8 Å². The minimum absolute atomic E-state index is 0.0507. The van der Waals surface area contributed by atoms with E-state index in [0.717, 1.165) is 62.7 Å². The van der Waals surface area contributed by atoms with Crippen LogP contribution in [-0.2, 0) is 9.53 Å². The van der Waals surface area contributed by atoms with Crippen LogP contribution in [0.4, 0.5) is 17.1 Å². The molecule has 0 N–H and O–H groups in total. The zero-order chi connectivity index (χ0) is 27.7. The van der Waals surface area contributed by atoms with Gasteiger partial charge < -0.3 is 19.3 Å². The number of hydrogen-bond acceptors (Lipinski definition) is 7. The van der Waals surface area contributed by atoms with Crippen molar-refractivity contribution in [1.82, 2.24) is 4.90 Å². The SMILES string of the molecule is CCCN1c2cc(OC)c(/C=C3/SC(=Nc4ccc(N5CCOCC5)cc4)N(C)C3=O)cc2C(C)CC1(C)C. The number of amidine groups is 1. The summed E-state index contributed by atoms with van der Waals surface area (Å²) in [6.07, 6.45) is 4.13. The first-order valence-corrected chi connectivity index (χ1v) is 14.7. The molecule has 2 saturated heterocycles. The van der Waals surface area contributed by atoms with Gasteiger partial charge in [-0.15, -0.1) is 0 Å². The topological polar surface area (TPSA) is 57.6 Å². The Kier molecular flexibility index (Phi) is 7.96. The molecule has 0 saturated carbocycles. The quantitative estimate of drug-likeness (QED) is 0.397. The van der Waals surface area contributed by atoms with E-state index >= 15 is 0 Å². The maximum absolute atomic E-state index is 13.2. The van der Waals surface area contributed by atoms with E-state index in [4.69, 9.17) is 14.5 Å². The Hall–Kier alpha value is -2.97. The predicted octanol–water partition coefficient (Wildman–Crippen LogP) is 6.27. The van der Waals surface area contributed by atoms with Gasteiger partial charge in [0.05, 0.1) is 30.9 Å². The highest BCUT2D eigenvalue weighted by molar-refractivity contribution is 8.18. The van der Waals surface area contributed by atoms with Gasteiger partial charge in [-0.05, 0) is 86.3 Å². The number of aliphatic imine (C=N–C) groups is 1. The summed E-state index contributed by atoms with van der Waals surface area (Å²) in [5.74, 6) is 1.15. The second-order valence-corrected chi connectivity index (χ2v) is 12.2. The third-order valence-electron chi connectivity index (χ3n) is 7.93. The Morgan fingerprint density at radius 3 is 2.56 bits per heavy atom. The Labute approximate surface area is 236 Å². The summed E-state index contributed by atoms with van der Waals surface area (Å²) in [4.78, 5) is 25.1. The summed E-state index contributed by atoms with van der Waals surface area (Å²) < 4.78 is 11.3. The molecule has 2 aromatic rings. The molecular weight excluding hydrogens is 508 g/mol. The first kappa shape index (κ1) is 27.6. The van der Waals surface area contributed by atoms with Crippen LogP contribution in [0.5, 0.6) is 5.75 Å². The van der Waals surface area contributed by atoms with E-state index in [1.54, 1.807) is 19.1 Å². The molecule has 5 rings (SSSR count). The van der Waals surface area contributed by atoms with Crippen molar-refractivity contribution >= 4 is 46.0 Å². The van der Waals surface area contributed by atoms with Gasteiger partial charge in [-0.25, -0.2) is 4.99 Å². The Balaban J connectivity index is 1.42. The van der Waals surface area contributed by atoms with Crippen LogP contribution in [0.2, 0.25) is 0 Å². The minimum Gasteiger partial charge on any atom is -0.496 e. The second kappa shape index (κ2) is 11.3. The molecule has 2 fully saturated rings. The molecule has 1 unspecified atom stereocenters. The van der Waals surface area contributed by atoms with Crippen molar-refractivity contribution in [2.75, 3.05) is 56.8 Å². The smallest absolute Gasteiger partial charge is 0.266 e. The summed E-state index contributed by atoms with van der Waals surface area (Å²) in [5.41, 5.74) is 5.56. The van der Waals surface area contributed by atoms with Crippen molar-refractivity contribution < 1.29 is 14.3 Å². The lowest BCUT2D eigenvalue weighted by Crippen LogP contribution is -2.48. The van der Waals surface area contributed by atoms with Crippen LogP contribution < -0.4 is 14.5 Å². The van der Waals surface area contributed by atoms with Gasteiger partial charge in [0.2, 0.25) is 0 Å². The number of hydrogen-bond donors (Lipinski definition) is 0. The molecule has 39 heavy (non-hydrogen) atoms. The van der Waals surface area contributed by atoms with Gasteiger partial charge in [0.15, 0.2) is 5.17 Å². The second-order valence-electron chi connectivity index (χ2n) is 11.2. The summed E-state index contributed by atoms with van der Waals surface area (Å²) in [7, 11) is 3.49. The molecule has 1 amide bonds. The average Bonchev–Trinajstić information content (AvgIpc) is 3.19. The van der Waals surface area contributed by atoms with Crippen molar-refractivity contribution in [2.45, 2.75) is 52.0 Å². The molecule has 2 aromatic carbocycles. The van der Waals surface area contributed by atoms with E-state index < -0.39 is 0 Å². The molecule has 0 spiro atoms. The molecule has 0 aromatic heterocycles. The molecule has 3 aliphatic rings.